The van der Waals surface area contributed by atoms with E-state index in [2.05, 4.69) is 65.0 Å². The smallest absolute Gasteiger partial charge is 0.269 e. The largest absolute Gasteiger partial charge is 0.472 e. The highest BCUT2D eigenvalue weighted by atomic mass is 79.9. The Bertz CT molecular complexity index is 6790. The van der Waals surface area contributed by atoms with E-state index in [1.165, 1.54) is 15.9 Å². The van der Waals surface area contributed by atoms with Gasteiger partial charge in [0.05, 0.1) is 50.9 Å². The third-order valence-corrected chi connectivity index (χ3v) is 27.8. The quantitative estimate of drug-likeness (QED) is 0.0773. The minimum Gasteiger partial charge on any atom is -0.472 e. The van der Waals surface area contributed by atoms with Crippen molar-refractivity contribution in [1.82, 2.24) is 35.8 Å². The van der Waals surface area contributed by atoms with E-state index in [0.717, 1.165) is 104 Å². The van der Waals surface area contributed by atoms with Gasteiger partial charge in [-0.1, -0.05) is 109 Å². The van der Waals surface area contributed by atoms with Crippen LogP contribution in [0.15, 0.2) is 378 Å². The van der Waals surface area contributed by atoms with Gasteiger partial charge < -0.3 is 28.0 Å². The van der Waals surface area contributed by atoms with Gasteiger partial charge >= 0.3 is 0 Å². The third-order valence-electron chi connectivity index (χ3n) is 20.0. The lowest BCUT2D eigenvalue weighted by atomic mass is 10.0. The molecule has 120 heavy (non-hydrogen) atoms. The molecule has 19 rings (SSSR count). The Morgan fingerprint density at radius 2 is 0.633 bits per heavy atom. The SMILES string of the molecule is CN(C)c1ccc(-c2cnc3c(c2)c(-c2ccco2)cn3S(=O)(=O)c2ccccc2)cc1.CN(C)c1ccc(-c2cnc3c(c2)c(-c2ccoc2)cn3S(=O)(=O)c2ccccc2)cc1.CN(C)c1ccc(-c2cnc3c(c2)c(-c2ccsc2)cn3S(=O)(=O)c2ccccc2)cc1.O=S(=O)(c1ccccc1)n1cc(-c2ccoc2)c2cc(Br)cnc21. The minimum atomic E-state index is -3.82. The van der Waals surface area contributed by atoms with Crippen molar-refractivity contribution in [2.45, 2.75) is 19.6 Å². The number of thiophene rings is 1. The number of furan rings is 3. The molecule has 600 valence electrons. The van der Waals surface area contributed by atoms with Gasteiger partial charge in [0.25, 0.3) is 40.1 Å². The fourth-order valence-corrected chi connectivity index (χ4v) is 20.1. The molecule has 28 heteroatoms. The Morgan fingerprint density at radius 3 is 0.933 bits per heavy atom. The summed E-state index contributed by atoms with van der Waals surface area (Å²) in [6, 6.07) is 75.0. The number of hydrogen-bond acceptors (Lipinski definition) is 19. The lowest BCUT2D eigenvalue weighted by Crippen LogP contribution is -2.12. The number of fused-ring (bicyclic) bond motifs is 4. The highest BCUT2D eigenvalue weighted by Crippen LogP contribution is 2.41. The van der Waals surface area contributed by atoms with E-state index < -0.39 is 40.1 Å². The molecule has 0 saturated heterocycles. The molecular weight excluding hydrogens is 1680 g/mol. The van der Waals surface area contributed by atoms with E-state index >= 15 is 0 Å². The first-order chi connectivity index (χ1) is 57.9. The average molecular weight is 1750 g/mol. The van der Waals surface area contributed by atoms with Crippen LogP contribution in [0.3, 0.4) is 0 Å². The zero-order chi connectivity index (χ0) is 83.6. The molecule has 0 unspecified atom stereocenters. The average Bonchev–Trinajstić information content (AvgIpc) is 1.61. The Balaban J connectivity index is 0.000000120. The van der Waals surface area contributed by atoms with E-state index in [0.29, 0.717) is 39.3 Å². The zero-order valence-electron chi connectivity index (χ0n) is 65.2. The van der Waals surface area contributed by atoms with Gasteiger partial charge in [0.1, 0.15) is 5.76 Å². The molecule has 0 saturated carbocycles. The predicted molar refractivity (Wildman–Crippen MR) is 478 cm³/mol. The Kier molecular flexibility index (Phi) is 22.4. The summed E-state index contributed by atoms with van der Waals surface area (Å²) in [5, 5.41) is 6.98. The minimum absolute atomic E-state index is 0.202. The molecule has 22 nitrogen and oxygen atoms in total. The van der Waals surface area contributed by atoms with Crippen molar-refractivity contribution in [3.8, 4) is 78.1 Å². The van der Waals surface area contributed by atoms with Crippen LogP contribution < -0.4 is 14.7 Å². The molecule has 0 aliphatic carbocycles. The van der Waals surface area contributed by atoms with Gasteiger partial charge in [-0.2, -0.15) is 11.3 Å². The number of rotatable bonds is 18. The highest BCUT2D eigenvalue weighted by Gasteiger charge is 2.29. The van der Waals surface area contributed by atoms with Gasteiger partial charge in [-0.15, -0.1) is 0 Å². The number of halogens is 1. The number of anilines is 3. The lowest BCUT2D eigenvalue weighted by Gasteiger charge is -2.12. The number of hydrogen-bond donors (Lipinski definition) is 0. The molecule has 0 amide bonds. The van der Waals surface area contributed by atoms with Crippen LogP contribution in [0, 0.1) is 0 Å². The van der Waals surface area contributed by atoms with Gasteiger partial charge in [-0.25, -0.2) is 69.5 Å². The van der Waals surface area contributed by atoms with Crippen LogP contribution in [0.1, 0.15) is 0 Å². The standard InChI is InChI=1S/2C25H21N3O3S.C25H21N3O2S2.C17H11BrN2O3S/c1-27(2)20-12-10-18(11-13-20)19-15-22-23(24-9-6-14-31-24)17-28(25(22)26-16-19)32(29,30)21-7-4-3-5-8-21;2*1-27(2)21-10-8-18(9-11-21)20-14-23-24(19-12-13-31-17-19)16-28(25(23)26-15-20)32(29,30)22-6-4-3-5-7-22;18-13-8-15-16(12-6-7-23-11-12)10-20(17(15)19-9-13)24(21,22)14-4-2-1-3-5-14/h3*3-17H,1-2H3;1-11H. The molecule has 12 heterocycles. The van der Waals surface area contributed by atoms with Crippen molar-refractivity contribution >= 4 is 129 Å². The second kappa shape index (κ2) is 33.5. The van der Waals surface area contributed by atoms with Gasteiger partial charge in [-0.05, 0) is 188 Å². The maximum absolute atomic E-state index is 13.4. The van der Waals surface area contributed by atoms with Crippen LogP contribution in [-0.4, -0.2) is 112 Å². The molecule has 12 aromatic heterocycles. The monoisotopic (exact) mass is 1750 g/mol. The molecule has 0 aliphatic heterocycles. The molecule has 0 N–H and O–H groups in total. The number of aromatic nitrogens is 8. The normalized spacial score (nSPS) is 11.7. The van der Waals surface area contributed by atoms with Crippen LogP contribution in [0.2, 0.25) is 0 Å². The van der Waals surface area contributed by atoms with E-state index in [-0.39, 0.29) is 19.6 Å². The summed E-state index contributed by atoms with van der Waals surface area (Å²) in [7, 11) is -3.16. The Labute approximate surface area is 705 Å². The third kappa shape index (κ3) is 16.0. The van der Waals surface area contributed by atoms with Gasteiger partial charge in [-0.3, -0.25) is 0 Å². The second-order valence-electron chi connectivity index (χ2n) is 28.3. The molecule has 7 aromatic carbocycles. The van der Waals surface area contributed by atoms with E-state index in [9.17, 15) is 33.7 Å². The number of nitrogens with zero attached hydrogens (tertiary/aromatic N) is 11. The molecule has 0 spiro atoms. The maximum atomic E-state index is 13.4. The summed E-state index contributed by atoms with van der Waals surface area (Å²) >= 11 is 4.97. The van der Waals surface area contributed by atoms with Gasteiger partial charge in [0.15, 0.2) is 22.6 Å². The van der Waals surface area contributed by atoms with Crippen LogP contribution in [0.5, 0.6) is 0 Å². The first-order valence-electron chi connectivity index (χ1n) is 37.3. The molecule has 0 bridgehead atoms. The summed E-state index contributed by atoms with van der Waals surface area (Å²) < 4.78 is 128. The maximum Gasteiger partial charge on any atom is 0.269 e. The molecule has 0 aliphatic rings. The number of pyridine rings is 4. The molecular formula is C92H74BrN11O11S5. The summed E-state index contributed by atoms with van der Waals surface area (Å²) in [6.07, 6.45) is 21.1. The van der Waals surface area contributed by atoms with E-state index in [1.54, 1.807) is 226 Å². The topological polar surface area (TPSA) is 257 Å². The van der Waals surface area contributed by atoms with Crippen LogP contribution >= 0.6 is 27.3 Å². The van der Waals surface area contributed by atoms with Crippen LogP contribution in [-0.2, 0) is 40.1 Å². The summed E-state index contributed by atoms with van der Waals surface area (Å²) in [5.74, 6) is 0.582. The van der Waals surface area contributed by atoms with Crippen molar-refractivity contribution in [2.24, 2.45) is 0 Å². The molecule has 0 radical (unpaired) electrons. The molecule has 0 fully saturated rings. The van der Waals surface area contributed by atoms with Crippen LogP contribution in [0.4, 0.5) is 17.1 Å². The van der Waals surface area contributed by atoms with Crippen molar-refractivity contribution < 1.29 is 46.9 Å². The molecule has 0 atom stereocenters. The Morgan fingerprint density at radius 1 is 0.317 bits per heavy atom. The lowest BCUT2D eigenvalue weighted by molar-refractivity contribution is 0.568. The molecule has 19 aromatic rings. The fraction of sp³-hybridized carbons (Fsp3) is 0.0652. The first kappa shape index (κ1) is 80.3. The van der Waals surface area contributed by atoms with E-state index in [4.69, 9.17) is 13.3 Å². The van der Waals surface area contributed by atoms with Gasteiger partial charge in [0.2, 0.25) is 0 Å². The van der Waals surface area contributed by atoms with Crippen molar-refractivity contribution in [3.05, 3.63) is 345 Å². The number of benzene rings is 7. The fourth-order valence-electron chi connectivity index (χ4n) is 13.7. The second-order valence-corrected chi connectivity index (χ2v) is 37.2. The van der Waals surface area contributed by atoms with Crippen molar-refractivity contribution in [3.63, 3.8) is 0 Å². The van der Waals surface area contributed by atoms with Crippen LogP contribution in [0.25, 0.3) is 122 Å². The zero-order valence-corrected chi connectivity index (χ0v) is 70.8. The first-order valence-corrected chi connectivity index (χ1v) is 44.8. The predicted octanol–water partition coefficient (Wildman–Crippen LogP) is 20.6. The summed E-state index contributed by atoms with van der Waals surface area (Å²) in [4.78, 5) is 25.1. The summed E-state index contributed by atoms with van der Waals surface area (Å²) in [6.45, 7) is 0. The van der Waals surface area contributed by atoms with Crippen molar-refractivity contribution in [1.29, 1.82) is 0 Å². The Hall–Kier alpha value is -13.5. The highest BCUT2D eigenvalue weighted by molar-refractivity contribution is 9.10. The van der Waals surface area contributed by atoms with Crippen molar-refractivity contribution in [2.75, 3.05) is 57.0 Å². The van der Waals surface area contributed by atoms with Gasteiger partial charge in [0, 0.05) is 185 Å². The summed E-state index contributed by atoms with van der Waals surface area (Å²) in [5.41, 5.74) is 16.2. The van der Waals surface area contributed by atoms with E-state index in [1.807, 2.05) is 154 Å².